The van der Waals surface area contributed by atoms with Gasteiger partial charge in [-0.15, -0.1) is 0 Å². The highest BCUT2D eigenvalue weighted by Crippen LogP contribution is 2.38. The lowest BCUT2D eigenvalue weighted by molar-refractivity contribution is -0.139. The molecule has 0 unspecified atom stereocenters. The van der Waals surface area contributed by atoms with E-state index in [1.165, 1.54) is 20.3 Å². The van der Waals surface area contributed by atoms with Gasteiger partial charge in [0, 0.05) is 5.56 Å². The minimum Gasteiger partial charge on any atom is -0.504 e. The molecule has 0 saturated carbocycles. The van der Waals surface area contributed by atoms with E-state index in [0.29, 0.717) is 29.2 Å². The van der Waals surface area contributed by atoms with Crippen LogP contribution in [-0.2, 0) is 20.7 Å². The van der Waals surface area contributed by atoms with E-state index in [4.69, 9.17) is 14.2 Å². The van der Waals surface area contributed by atoms with Gasteiger partial charge in [-0.3, -0.25) is 4.79 Å². The molecule has 144 valence electrons. The first-order valence-corrected chi connectivity index (χ1v) is 8.32. The third-order valence-electron chi connectivity index (χ3n) is 3.89. The quantitative estimate of drug-likeness (QED) is 0.743. The first-order valence-electron chi connectivity index (χ1n) is 8.32. The molecule has 2 rings (SSSR count). The fourth-order valence-corrected chi connectivity index (χ4v) is 2.62. The summed E-state index contributed by atoms with van der Waals surface area (Å²) in [5.41, 5.74) is 0.805. The van der Waals surface area contributed by atoms with E-state index in [-0.39, 0.29) is 23.5 Å². The van der Waals surface area contributed by atoms with Crippen molar-refractivity contribution in [2.45, 2.75) is 20.3 Å². The van der Waals surface area contributed by atoms with Gasteiger partial charge < -0.3 is 24.1 Å². The predicted octanol–water partition coefficient (Wildman–Crippen LogP) is 3.39. The van der Waals surface area contributed by atoms with Crippen LogP contribution in [0, 0.1) is 6.92 Å². The highest BCUT2D eigenvalue weighted by atomic mass is 16.5. The topological polar surface area (TPSA) is 91.3 Å². The minimum atomic E-state index is -0.636. The zero-order chi connectivity index (χ0) is 20.0. The summed E-state index contributed by atoms with van der Waals surface area (Å²) in [6.07, 6.45) is -0.182. The molecule has 0 spiro atoms. The molecule has 2 aromatic carbocycles. The SMILES string of the molecule is CCOc1ccc(Oc2c(O)cc(CC(=O)OC)c(C(=O)OC)c2C)cc1. The smallest absolute Gasteiger partial charge is 0.338 e. The zero-order valence-electron chi connectivity index (χ0n) is 15.7. The maximum absolute atomic E-state index is 12.2. The van der Waals surface area contributed by atoms with Crippen molar-refractivity contribution < 1.29 is 33.6 Å². The van der Waals surface area contributed by atoms with Crippen molar-refractivity contribution in [3.8, 4) is 23.0 Å². The molecule has 0 saturated heterocycles. The summed E-state index contributed by atoms with van der Waals surface area (Å²) in [5, 5.41) is 10.4. The van der Waals surface area contributed by atoms with Gasteiger partial charge in [0.2, 0.25) is 0 Å². The van der Waals surface area contributed by atoms with E-state index >= 15 is 0 Å². The Morgan fingerprint density at radius 1 is 1.04 bits per heavy atom. The average molecular weight is 374 g/mol. The summed E-state index contributed by atoms with van der Waals surface area (Å²) < 4.78 is 20.6. The summed E-state index contributed by atoms with van der Waals surface area (Å²) in [6.45, 7) is 4.04. The molecule has 27 heavy (non-hydrogen) atoms. The summed E-state index contributed by atoms with van der Waals surface area (Å²) >= 11 is 0. The van der Waals surface area contributed by atoms with Crippen LogP contribution in [-0.4, -0.2) is 37.9 Å². The Morgan fingerprint density at radius 3 is 2.22 bits per heavy atom. The normalized spacial score (nSPS) is 10.2. The largest absolute Gasteiger partial charge is 0.504 e. The van der Waals surface area contributed by atoms with Crippen LogP contribution in [0.2, 0.25) is 0 Å². The van der Waals surface area contributed by atoms with Crippen LogP contribution in [0.4, 0.5) is 0 Å². The fourth-order valence-electron chi connectivity index (χ4n) is 2.62. The number of phenols is 1. The van der Waals surface area contributed by atoms with Crippen molar-refractivity contribution in [1.29, 1.82) is 0 Å². The highest BCUT2D eigenvalue weighted by molar-refractivity contribution is 5.95. The van der Waals surface area contributed by atoms with Gasteiger partial charge in [0.25, 0.3) is 0 Å². The van der Waals surface area contributed by atoms with E-state index in [0.717, 1.165) is 0 Å². The van der Waals surface area contributed by atoms with Crippen LogP contribution in [0.25, 0.3) is 0 Å². The lowest BCUT2D eigenvalue weighted by atomic mass is 9.97. The summed E-state index contributed by atoms with van der Waals surface area (Å²) in [7, 11) is 2.49. The van der Waals surface area contributed by atoms with Gasteiger partial charge in [-0.05, 0) is 49.7 Å². The number of hydrogen-bond donors (Lipinski definition) is 1. The van der Waals surface area contributed by atoms with Crippen molar-refractivity contribution in [3.63, 3.8) is 0 Å². The molecule has 2 aromatic rings. The van der Waals surface area contributed by atoms with Crippen LogP contribution in [0.3, 0.4) is 0 Å². The number of carbonyl (C=O) groups excluding carboxylic acids is 2. The molecule has 7 heteroatoms. The molecule has 0 fully saturated rings. The minimum absolute atomic E-state index is 0.105. The van der Waals surface area contributed by atoms with E-state index < -0.39 is 11.9 Å². The Morgan fingerprint density at radius 2 is 1.67 bits per heavy atom. The second kappa shape index (κ2) is 8.93. The Balaban J connectivity index is 2.44. The molecule has 0 amide bonds. The number of methoxy groups -OCH3 is 2. The van der Waals surface area contributed by atoms with E-state index in [2.05, 4.69) is 4.74 Å². The highest BCUT2D eigenvalue weighted by Gasteiger charge is 2.24. The van der Waals surface area contributed by atoms with E-state index in [1.807, 2.05) is 6.92 Å². The number of phenolic OH excluding ortho intramolecular Hbond substituents is 1. The van der Waals surface area contributed by atoms with Crippen LogP contribution < -0.4 is 9.47 Å². The van der Waals surface area contributed by atoms with Gasteiger partial charge in [0.1, 0.15) is 11.5 Å². The molecule has 0 aliphatic carbocycles. The van der Waals surface area contributed by atoms with Crippen molar-refractivity contribution in [3.05, 3.63) is 47.0 Å². The lowest BCUT2D eigenvalue weighted by Crippen LogP contribution is -2.13. The Bertz CT molecular complexity index is 825. The second-order valence-corrected chi connectivity index (χ2v) is 5.63. The third kappa shape index (κ3) is 4.69. The van der Waals surface area contributed by atoms with Gasteiger partial charge in [-0.1, -0.05) is 0 Å². The van der Waals surface area contributed by atoms with Crippen LogP contribution >= 0.6 is 0 Å². The van der Waals surface area contributed by atoms with Crippen molar-refractivity contribution in [2.24, 2.45) is 0 Å². The molecule has 7 nitrogen and oxygen atoms in total. The predicted molar refractivity (Wildman–Crippen MR) is 97.6 cm³/mol. The van der Waals surface area contributed by atoms with Gasteiger partial charge >= 0.3 is 11.9 Å². The summed E-state index contributed by atoms with van der Waals surface area (Å²) in [4.78, 5) is 23.9. The number of benzene rings is 2. The zero-order valence-corrected chi connectivity index (χ0v) is 15.7. The first-order chi connectivity index (χ1) is 12.9. The van der Waals surface area contributed by atoms with Gasteiger partial charge in [0.05, 0.1) is 32.8 Å². The summed E-state index contributed by atoms with van der Waals surface area (Å²) in [5.74, 6) is -0.133. The first kappa shape index (κ1) is 20.1. The average Bonchev–Trinajstić information content (AvgIpc) is 2.66. The third-order valence-corrected chi connectivity index (χ3v) is 3.89. The molecule has 1 N–H and O–H groups in total. The van der Waals surface area contributed by atoms with Crippen LogP contribution in [0.15, 0.2) is 30.3 Å². The number of rotatable bonds is 7. The Labute approximate surface area is 157 Å². The maximum Gasteiger partial charge on any atom is 0.338 e. The Kier molecular flexibility index (Phi) is 6.65. The molecule has 0 heterocycles. The van der Waals surface area contributed by atoms with Crippen molar-refractivity contribution in [2.75, 3.05) is 20.8 Å². The molecule has 0 aromatic heterocycles. The number of aromatic hydroxyl groups is 1. The van der Waals surface area contributed by atoms with Crippen molar-refractivity contribution >= 4 is 11.9 Å². The lowest BCUT2D eigenvalue weighted by Gasteiger charge is -2.17. The fraction of sp³-hybridized carbons (Fsp3) is 0.300. The van der Waals surface area contributed by atoms with E-state index in [9.17, 15) is 14.7 Å². The van der Waals surface area contributed by atoms with Gasteiger partial charge in [-0.2, -0.15) is 0 Å². The van der Waals surface area contributed by atoms with Crippen molar-refractivity contribution in [1.82, 2.24) is 0 Å². The standard InChI is InChI=1S/C20H22O7/c1-5-26-14-6-8-15(9-7-14)27-19-12(2)18(20(23)25-4)13(10-16(19)21)11-17(22)24-3/h6-10,21H,5,11H2,1-4H3. The number of carbonyl (C=O) groups is 2. The Hall–Kier alpha value is -3.22. The number of esters is 2. The number of ether oxygens (including phenoxy) is 4. The summed E-state index contributed by atoms with van der Waals surface area (Å²) in [6, 6.07) is 8.14. The molecule has 0 bridgehead atoms. The molecule has 0 aliphatic heterocycles. The molecule has 0 atom stereocenters. The number of hydrogen-bond acceptors (Lipinski definition) is 7. The second-order valence-electron chi connectivity index (χ2n) is 5.63. The van der Waals surface area contributed by atoms with Crippen LogP contribution in [0.1, 0.15) is 28.4 Å². The molecular formula is C20H22O7. The molecule has 0 aliphatic rings. The van der Waals surface area contributed by atoms with E-state index in [1.54, 1.807) is 31.2 Å². The van der Waals surface area contributed by atoms with Crippen LogP contribution in [0.5, 0.6) is 23.0 Å². The monoisotopic (exact) mass is 374 g/mol. The molecule has 0 radical (unpaired) electrons. The van der Waals surface area contributed by atoms with Gasteiger partial charge in [0.15, 0.2) is 11.5 Å². The van der Waals surface area contributed by atoms with Gasteiger partial charge in [-0.25, -0.2) is 4.79 Å². The maximum atomic E-state index is 12.2. The molecular weight excluding hydrogens is 352 g/mol.